The molecule has 10 heteroatoms. The minimum absolute atomic E-state index is 0.0112. The molecule has 2 aromatic carbocycles. The van der Waals surface area contributed by atoms with Gasteiger partial charge < -0.3 is 29.6 Å². The summed E-state index contributed by atoms with van der Waals surface area (Å²) in [7, 11) is 3.14. The molecular formula is C30H30ClN5O3S. The van der Waals surface area contributed by atoms with Gasteiger partial charge in [0.05, 0.1) is 30.6 Å². The first-order valence-electron chi connectivity index (χ1n) is 12.7. The van der Waals surface area contributed by atoms with Gasteiger partial charge in [0.25, 0.3) is 0 Å². The molecular weight excluding hydrogens is 546 g/mol. The first-order chi connectivity index (χ1) is 19.3. The van der Waals surface area contributed by atoms with Crippen LogP contribution >= 0.6 is 23.8 Å². The lowest BCUT2D eigenvalue weighted by molar-refractivity contribution is -0.119. The number of aromatic nitrogens is 2. The van der Waals surface area contributed by atoms with E-state index < -0.39 is 0 Å². The Morgan fingerprint density at radius 1 is 1.10 bits per heavy atom. The second kappa shape index (κ2) is 11.7. The van der Waals surface area contributed by atoms with Crippen LogP contribution in [-0.4, -0.2) is 41.4 Å². The molecule has 0 spiro atoms. The third-order valence-electron chi connectivity index (χ3n) is 6.97. The molecule has 3 heterocycles. The summed E-state index contributed by atoms with van der Waals surface area (Å²) in [5, 5.41) is 7.56. The van der Waals surface area contributed by atoms with Gasteiger partial charge >= 0.3 is 0 Å². The Hall–Kier alpha value is -3.92. The van der Waals surface area contributed by atoms with Crippen molar-refractivity contribution in [3.05, 3.63) is 101 Å². The number of halogens is 1. The number of aryl methyl sites for hydroxylation is 1. The number of ether oxygens (including phenoxy) is 2. The Balaban J connectivity index is 1.61. The summed E-state index contributed by atoms with van der Waals surface area (Å²) in [6.45, 7) is 4.14. The first-order valence-corrected chi connectivity index (χ1v) is 13.5. The molecule has 206 valence electrons. The minimum Gasteiger partial charge on any atom is -0.495 e. The monoisotopic (exact) mass is 575 g/mol. The van der Waals surface area contributed by atoms with Crippen LogP contribution < -0.4 is 20.3 Å². The maximum absolute atomic E-state index is 12.0. The van der Waals surface area contributed by atoms with Gasteiger partial charge in [0, 0.05) is 41.1 Å². The maximum atomic E-state index is 12.0. The van der Waals surface area contributed by atoms with Crippen LogP contribution in [0.25, 0.3) is 5.69 Å². The van der Waals surface area contributed by atoms with E-state index in [2.05, 4.69) is 45.0 Å². The zero-order valence-corrected chi connectivity index (χ0v) is 24.2. The average molecular weight is 576 g/mol. The normalized spacial score (nSPS) is 16.6. The molecule has 1 aliphatic heterocycles. The molecule has 0 radical (unpaired) electrons. The first kappa shape index (κ1) is 27.6. The van der Waals surface area contributed by atoms with Crippen LogP contribution in [0.1, 0.15) is 34.7 Å². The molecule has 0 saturated carbocycles. The number of pyridine rings is 1. The molecule has 8 nitrogen and oxygen atoms in total. The predicted molar refractivity (Wildman–Crippen MR) is 162 cm³/mol. The SMILES string of the molecule is COCC(=O)Nc1ccc(N2C(=S)NC(c3ccccn3)C2c2cc(C)n(-c3cc(Cl)ccc3OC)c2C)cc1. The van der Waals surface area contributed by atoms with Crippen LogP contribution in [0.3, 0.4) is 0 Å². The molecule has 1 saturated heterocycles. The molecule has 0 bridgehead atoms. The molecule has 2 aromatic heterocycles. The number of methoxy groups -OCH3 is 2. The maximum Gasteiger partial charge on any atom is 0.250 e. The van der Waals surface area contributed by atoms with Crippen LogP contribution in [0.5, 0.6) is 5.75 Å². The summed E-state index contributed by atoms with van der Waals surface area (Å²) in [6.07, 6.45) is 1.79. The summed E-state index contributed by atoms with van der Waals surface area (Å²) in [5.41, 5.74) is 6.45. The number of thiocarbonyl (C=S) groups is 1. The van der Waals surface area contributed by atoms with Gasteiger partial charge in [0.1, 0.15) is 12.4 Å². The fourth-order valence-electron chi connectivity index (χ4n) is 5.28. The van der Waals surface area contributed by atoms with E-state index in [0.717, 1.165) is 39.8 Å². The molecule has 1 amide bonds. The Kier molecular flexibility index (Phi) is 8.07. The van der Waals surface area contributed by atoms with Gasteiger partial charge in [-0.1, -0.05) is 17.7 Å². The van der Waals surface area contributed by atoms with Crippen LogP contribution in [0.4, 0.5) is 11.4 Å². The number of hydrogen-bond acceptors (Lipinski definition) is 5. The van der Waals surface area contributed by atoms with Gasteiger partial charge in [-0.15, -0.1) is 0 Å². The summed E-state index contributed by atoms with van der Waals surface area (Å²) in [6, 6.07) is 20.9. The van der Waals surface area contributed by atoms with Crippen molar-refractivity contribution in [2.75, 3.05) is 31.0 Å². The quantitative estimate of drug-likeness (QED) is 0.253. The van der Waals surface area contributed by atoms with Crippen LogP contribution in [0, 0.1) is 13.8 Å². The smallest absolute Gasteiger partial charge is 0.250 e. The molecule has 1 aliphatic rings. The van der Waals surface area contributed by atoms with E-state index in [1.807, 2.05) is 60.7 Å². The van der Waals surface area contributed by atoms with E-state index in [9.17, 15) is 4.79 Å². The van der Waals surface area contributed by atoms with Crippen molar-refractivity contribution >= 4 is 46.2 Å². The van der Waals surface area contributed by atoms with Gasteiger partial charge in [0.15, 0.2) is 5.11 Å². The molecule has 2 N–H and O–H groups in total. The highest BCUT2D eigenvalue weighted by Gasteiger charge is 2.42. The number of benzene rings is 2. The molecule has 4 aromatic rings. The highest BCUT2D eigenvalue weighted by Crippen LogP contribution is 2.44. The number of carbonyl (C=O) groups is 1. The van der Waals surface area contributed by atoms with E-state index in [-0.39, 0.29) is 24.6 Å². The largest absolute Gasteiger partial charge is 0.495 e. The number of nitrogens with zero attached hydrogens (tertiary/aromatic N) is 3. The Labute approximate surface area is 243 Å². The van der Waals surface area contributed by atoms with Gasteiger partial charge in [-0.2, -0.15) is 0 Å². The number of anilines is 2. The van der Waals surface area contributed by atoms with Crippen molar-refractivity contribution in [3.63, 3.8) is 0 Å². The third-order valence-corrected chi connectivity index (χ3v) is 7.52. The van der Waals surface area contributed by atoms with Crippen molar-refractivity contribution in [3.8, 4) is 11.4 Å². The van der Waals surface area contributed by atoms with Crippen molar-refractivity contribution < 1.29 is 14.3 Å². The van der Waals surface area contributed by atoms with Crippen LogP contribution in [0.15, 0.2) is 72.9 Å². The van der Waals surface area contributed by atoms with E-state index >= 15 is 0 Å². The highest BCUT2D eigenvalue weighted by atomic mass is 35.5. The van der Waals surface area contributed by atoms with Crippen molar-refractivity contribution in [1.29, 1.82) is 0 Å². The topological polar surface area (TPSA) is 80.7 Å². The lowest BCUT2D eigenvalue weighted by Gasteiger charge is -2.28. The summed E-state index contributed by atoms with van der Waals surface area (Å²) < 4.78 is 12.8. The minimum atomic E-state index is -0.217. The number of amides is 1. The third kappa shape index (κ3) is 5.28. The van der Waals surface area contributed by atoms with Crippen molar-refractivity contribution in [1.82, 2.24) is 14.9 Å². The van der Waals surface area contributed by atoms with Crippen LogP contribution in [-0.2, 0) is 9.53 Å². The van der Waals surface area contributed by atoms with E-state index in [1.165, 1.54) is 7.11 Å². The molecule has 40 heavy (non-hydrogen) atoms. The number of nitrogens with one attached hydrogen (secondary N) is 2. The molecule has 2 unspecified atom stereocenters. The van der Waals surface area contributed by atoms with Gasteiger partial charge in [-0.25, -0.2) is 0 Å². The average Bonchev–Trinajstić information content (AvgIpc) is 3.44. The molecule has 0 aliphatic carbocycles. The van der Waals surface area contributed by atoms with E-state index in [4.69, 9.17) is 33.3 Å². The molecule has 2 atom stereocenters. The fraction of sp³-hybridized carbons (Fsp3) is 0.233. The zero-order chi connectivity index (χ0) is 28.4. The van der Waals surface area contributed by atoms with E-state index in [1.54, 1.807) is 13.3 Å². The number of rotatable bonds is 8. The van der Waals surface area contributed by atoms with E-state index in [0.29, 0.717) is 15.8 Å². The predicted octanol–water partition coefficient (Wildman–Crippen LogP) is 5.91. The van der Waals surface area contributed by atoms with Crippen LogP contribution in [0.2, 0.25) is 5.02 Å². The summed E-state index contributed by atoms with van der Waals surface area (Å²) >= 11 is 12.3. The lowest BCUT2D eigenvalue weighted by atomic mass is 9.96. The van der Waals surface area contributed by atoms with Gasteiger partial charge in [0.2, 0.25) is 5.91 Å². The second-order valence-electron chi connectivity index (χ2n) is 9.50. The Bertz CT molecular complexity index is 1540. The summed E-state index contributed by atoms with van der Waals surface area (Å²) in [5.74, 6) is 0.507. The summed E-state index contributed by atoms with van der Waals surface area (Å²) in [4.78, 5) is 18.8. The number of hydrogen-bond donors (Lipinski definition) is 2. The Morgan fingerprint density at radius 3 is 2.55 bits per heavy atom. The zero-order valence-electron chi connectivity index (χ0n) is 22.6. The fourth-order valence-corrected chi connectivity index (χ4v) is 5.79. The van der Waals surface area contributed by atoms with Crippen molar-refractivity contribution in [2.24, 2.45) is 0 Å². The van der Waals surface area contributed by atoms with Gasteiger partial charge in [-0.05, 0) is 92.3 Å². The van der Waals surface area contributed by atoms with Crippen molar-refractivity contribution in [2.45, 2.75) is 25.9 Å². The molecule has 1 fully saturated rings. The lowest BCUT2D eigenvalue weighted by Crippen LogP contribution is -2.29. The van der Waals surface area contributed by atoms with Gasteiger partial charge in [-0.3, -0.25) is 9.78 Å². The number of carbonyl (C=O) groups excluding carboxylic acids is 1. The second-order valence-corrected chi connectivity index (χ2v) is 10.3. The molecule has 5 rings (SSSR count). The standard InChI is InChI=1S/C30H30ClN5O3S/c1-18-15-23(19(2)35(18)25-16-20(31)8-13-26(25)39-4)29-28(24-7-5-6-14-32-24)34-30(40)36(29)22-11-9-21(10-12-22)33-27(37)17-38-3/h5-16,28-29H,17H2,1-4H3,(H,33,37)(H,34,40). The highest BCUT2D eigenvalue weighted by molar-refractivity contribution is 7.80. The Morgan fingerprint density at radius 2 is 1.88 bits per heavy atom.